The number of nitrogen functional groups attached to an aromatic ring is 1. The minimum atomic E-state index is -1.48. The Hall–Kier alpha value is -1.04. The Morgan fingerprint density at radius 3 is 2.33 bits per heavy atom. The molecule has 0 saturated heterocycles. The average Bonchev–Trinajstić information content (AvgIpc) is 2.05. The summed E-state index contributed by atoms with van der Waals surface area (Å²) in [6.45, 7) is 3.84. The highest BCUT2D eigenvalue weighted by molar-refractivity contribution is 6.58. The number of nitrogens with two attached hydrogens (primary N) is 2. The van der Waals surface area contributed by atoms with E-state index in [0.29, 0.717) is 17.6 Å². The first-order valence-corrected chi connectivity index (χ1v) is 4.83. The summed E-state index contributed by atoms with van der Waals surface area (Å²) in [6, 6.07) is 4.98. The molecule has 6 N–H and O–H groups in total. The van der Waals surface area contributed by atoms with Crippen molar-refractivity contribution in [3.8, 4) is 0 Å². The predicted octanol–water partition coefficient (Wildman–Crippen LogP) is -0.772. The monoisotopic (exact) mass is 208 g/mol. The SMILES string of the molecule is CC(C)(N)Cc1ccc(B(O)O)cc1N. The van der Waals surface area contributed by atoms with Crippen molar-refractivity contribution in [2.75, 3.05) is 5.73 Å². The summed E-state index contributed by atoms with van der Waals surface area (Å²) in [5, 5.41) is 17.9. The maximum absolute atomic E-state index is 8.95. The average molecular weight is 208 g/mol. The molecule has 1 aromatic carbocycles. The lowest BCUT2D eigenvalue weighted by molar-refractivity contribution is 0.426. The van der Waals surface area contributed by atoms with E-state index in [1.165, 1.54) is 0 Å². The molecule has 0 amide bonds. The molecule has 0 unspecified atom stereocenters. The molecule has 0 aliphatic carbocycles. The summed E-state index contributed by atoms with van der Waals surface area (Å²) in [4.78, 5) is 0. The van der Waals surface area contributed by atoms with Gasteiger partial charge in [0.2, 0.25) is 0 Å². The summed E-state index contributed by atoms with van der Waals surface area (Å²) in [7, 11) is -1.48. The zero-order valence-corrected chi connectivity index (χ0v) is 9.07. The Labute approximate surface area is 90.1 Å². The Morgan fingerprint density at radius 1 is 1.33 bits per heavy atom. The number of anilines is 1. The molecule has 0 atom stereocenters. The van der Waals surface area contributed by atoms with Gasteiger partial charge in [0.25, 0.3) is 0 Å². The van der Waals surface area contributed by atoms with Crippen LogP contribution >= 0.6 is 0 Å². The lowest BCUT2D eigenvalue weighted by atomic mass is 9.79. The van der Waals surface area contributed by atoms with Gasteiger partial charge in [-0.3, -0.25) is 0 Å². The van der Waals surface area contributed by atoms with Gasteiger partial charge in [0.05, 0.1) is 0 Å². The molecule has 0 saturated carbocycles. The molecule has 0 heterocycles. The molecular weight excluding hydrogens is 191 g/mol. The van der Waals surface area contributed by atoms with Crippen molar-refractivity contribution in [1.29, 1.82) is 0 Å². The van der Waals surface area contributed by atoms with Crippen LogP contribution in [-0.4, -0.2) is 22.7 Å². The Balaban J connectivity index is 2.94. The Kier molecular flexibility index (Phi) is 3.39. The maximum Gasteiger partial charge on any atom is 0.488 e. The van der Waals surface area contributed by atoms with Gasteiger partial charge >= 0.3 is 7.12 Å². The second-order valence-corrected chi connectivity index (χ2v) is 4.50. The second-order valence-electron chi connectivity index (χ2n) is 4.50. The molecule has 1 aromatic rings. The van der Waals surface area contributed by atoms with Crippen LogP contribution in [0, 0.1) is 0 Å². The van der Waals surface area contributed by atoms with E-state index in [1.807, 2.05) is 13.8 Å². The standard InChI is InChI=1S/C10H17BN2O2/c1-10(2,13)6-7-3-4-8(11(14)15)5-9(7)12/h3-5,14-15H,6,12-13H2,1-2H3. The van der Waals surface area contributed by atoms with Crippen LogP contribution in [0.5, 0.6) is 0 Å². The molecule has 0 radical (unpaired) electrons. The first-order chi connectivity index (χ1) is 6.79. The van der Waals surface area contributed by atoms with Gasteiger partial charge in [0.1, 0.15) is 0 Å². The largest absolute Gasteiger partial charge is 0.488 e. The van der Waals surface area contributed by atoms with Crippen molar-refractivity contribution in [2.45, 2.75) is 25.8 Å². The highest BCUT2D eigenvalue weighted by atomic mass is 16.4. The highest BCUT2D eigenvalue weighted by Crippen LogP contribution is 2.15. The third-order valence-electron chi connectivity index (χ3n) is 2.11. The molecule has 1 rings (SSSR count). The molecule has 0 aliphatic rings. The van der Waals surface area contributed by atoms with Crippen LogP contribution in [-0.2, 0) is 6.42 Å². The molecule has 0 bridgehead atoms. The van der Waals surface area contributed by atoms with Gasteiger partial charge in [-0.05, 0) is 37.4 Å². The first-order valence-electron chi connectivity index (χ1n) is 4.83. The van der Waals surface area contributed by atoms with Crippen molar-refractivity contribution in [1.82, 2.24) is 0 Å². The summed E-state index contributed by atoms with van der Waals surface area (Å²) >= 11 is 0. The summed E-state index contributed by atoms with van der Waals surface area (Å²) in [5.41, 5.74) is 13.2. The summed E-state index contributed by atoms with van der Waals surface area (Å²) in [5.74, 6) is 0. The van der Waals surface area contributed by atoms with Crippen molar-refractivity contribution in [2.24, 2.45) is 5.73 Å². The zero-order valence-electron chi connectivity index (χ0n) is 9.07. The zero-order chi connectivity index (χ0) is 11.6. The van der Waals surface area contributed by atoms with Gasteiger partial charge in [-0.25, -0.2) is 0 Å². The number of rotatable bonds is 3. The Bertz CT molecular complexity index is 348. The van der Waals surface area contributed by atoms with E-state index in [-0.39, 0.29) is 5.54 Å². The number of hydrogen-bond donors (Lipinski definition) is 4. The minimum absolute atomic E-state index is 0.326. The molecule has 82 valence electrons. The molecule has 4 nitrogen and oxygen atoms in total. The van der Waals surface area contributed by atoms with Gasteiger partial charge in [-0.1, -0.05) is 12.1 Å². The lowest BCUT2D eigenvalue weighted by Gasteiger charge is -2.19. The summed E-state index contributed by atoms with van der Waals surface area (Å²) in [6.07, 6.45) is 0.653. The first kappa shape index (κ1) is 12.0. The van der Waals surface area contributed by atoms with Crippen molar-refractivity contribution in [3.63, 3.8) is 0 Å². The molecule has 0 aliphatic heterocycles. The van der Waals surface area contributed by atoms with Crippen molar-refractivity contribution >= 4 is 18.3 Å². The molecule has 5 heteroatoms. The van der Waals surface area contributed by atoms with Crippen LogP contribution in [0.15, 0.2) is 18.2 Å². The third-order valence-corrected chi connectivity index (χ3v) is 2.11. The van der Waals surface area contributed by atoms with E-state index in [4.69, 9.17) is 21.5 Å². The van der Waals surface area contributed by atoms with E-state index < -0.39 is 7.12 Å². The number of benzene rings is 1. The fourth-order valence-corrected chi connectivity index (χ4v) is 1.43. The normalized spacial score (nSPS) is 11.5. The lowest BCUT2D eigenvalue weighted by Crippen LogP contribution is -2.35. The van der Waals surface area contributed by atoms with E-state index in [9.17, 15) is 0 Å². The van der Waals surface area contributed by atoms with E-state index >= 15 is 0 Å². The van der Waals surface area contributed by atoms with Crippen LogP contribution in [0.4, 0.5) is 5.69 Å². The van der Waals surface area contributed by atoms with E-state index in [1.54, 1.807) is 18.2 Å². The molecule has 15 heavy (non-hydrogen) atoms. The molecule has 0 spiro atoms. The van der Waals surface area contributed by atoms with Gasteiger partial charge in [0.15, 0.2) is 0 Å². The maximum atomic E-state index is 8.95. The fourth-order valence-electron chi connectivity index (χ4n) is 1.43. The van der Waals surface area contributed by atoms with Crippen LogP contribution < -0.4 is 16.9 Å². The van der Waals surface area contributed by atoms with E-state index in [2.05, 4.69) is 0 Å². The van der Waals surface area contributed by atoms with Crippen LogP contribution in [0.25, 0.3) is 0 Å². The van der Waals surface area contributed by atoms with Crippen LogP contribution in [0.1, 0.15) is 19.4 Å². The highest BCUT2D eigenvalue weighted by Gasteiger charge is 2.16. The van der Waals surface area contributed by atoms with Gasteiger partial charge < -0.3 is 21.5 Å². The molecule has 0 aromatic heterocycles. The van der Waals surface area contributed by atoms with Gasteiger partial charge in [0, 0.05) is 11.2 Å². The number of hydrogen-bond acceptors (Lipinski definition) is 4. The third kappa shape index (κ3) is 3.55. The Morgan fingerprint density at radius 2 is 1.93 bits per heavy atom. The minimum Gasteiger partial charge on any atom is -0.423 e. The van der Waals surface area contributed by atoms with Crippen molar-refractivity contribution < 1.29 is 10.0 Å². The van der Waals surface area contributed by atoms with Crippen LogP contribution in [0.2, 0.25) is 0 Å². The van der Waals surface area contributed by atoms with Crippen LogP contribution in [0.3, 0.4) is 0 Å². The summed E-state index contributed by atoms with van der Waals surface area (Å²) < 4.78 is 0. The smallest absolute Gasteiger partial charge is 0.423 e. The second kappa shape index (κ2) is 4.22. The van der Waals surface area contributed by atoms with Crippen molar-refractivity contribution in [3.05, 3.63) is 23.8 Å². The van der Waals surface area contributed by atoms with E-state index in [0.717, 1.165) is 5.56 Å². The van der Waals surface area contributed by atoms with Gasteiger partial charge in [-0.15, -0.1) is 0 Å². The molecular formula is C10H17BN2O2. The molecule has 0 fully saturated rings. The predicted molar refractivity (Wildman–Crippen MR) is 62.7 cm³/mol. The fraction of sp³-hybridized carbons (Fsp3) is 0.400. The topological polar surface area (TPSA) is 92.5 Å². The quantitative estimate of drug-likeness (QED) is 0.387. The van der Waals surface area contributed by atoms with Gasteiger partial charge in [-0.2, -0.15) is 0 Å².